The predicted octanol–water partition coefficient (Wildman–Crippen LogP) is 4.01. The maximum atomic E-state index is 5.74. The molecule has 0 unspecified atom stereocenters. The normalized spacial score (nSPS) is 11.1. The van der Waals surface area contributed by atoms with E-state index in [0.29, 0.717) is 11.8 Å². The Morgan fingerprint density at radius 2 is 1.94 bits per heavy atom. The van der Waals surface area contributed by atoms with E-state index in [1.807, 2.05) is 6.07 Å². The predicted molar refractivity (Wildman–Crippen MR) is 72.1 cm³/mol. The Hall–Kier alpha value is -1.28. The summed E-state index contributed by atoms with van der Waals surface area (Å²) in [6, 6.07) is 10.6. The fraction of sp³-hybridized carbons (Fsp3) is 0.357. The summed E-state index contributed by atoms with van der Waals surface area (Å²) in [7, 11) is 0. The van der Waals surface area contributed by atoms with E-state index in [0.717, 1.165) is 23.4 Å². The van der Waals surface area contributed by atoms with Crippen molar-refractivity contribution >= 4 is 11.6 Å². The minimum Gasteiger partial charge on any atom is -0.281 e. The quantitative estimate of drug-likeness (QED) is 0.814. The molecule has 0 fully saturated rings. The van der Waals surface area contributed by atoms with Gasteiger partial charge in [0.1, 0.15) is 0 Å². The number of hydrogen-bond donors (Lipinski definition) is 1. The van der Waals surface area contributed by atoms with Crippen LogP contribution < -0.4 is 0 Å². The van der Waals surface area contributed by atoms with E-state index in [4.69, 9.17) is 11.6 Å². The zero-order valence-electron chi connectivity index (χ0n) is 10.2. The molecule has 2 nitrogen and oxygen atoms in total. The SMILES string of the molecule is CC(C)Cc1ccc(-c2cc(CCl)[nH]n2)cc1. The molecule has 2 aromatic rings. The second-order valence-electron chi connectivity index (χ2n) is 4.71. The van der Waals surface area contributed by atoms with Gasteiger partial charge in [-0.25, -0.2) is 0 Å². The Kier molecular flexibility index (Phi) is 3.85. The monoisotopic (exact) mass is 248 g/mol. The minimum absolute atomic E-state index is 0.471. The van der Waals surface area contributed by atoms with Gasteiger partial charge in [-0.2, -0.15) is 5.10 Å². The van der Waals surface area contributed by atoms with Gasteiger partial charge in [-0.15, -0.1) is 11.6 Å². The van der Waals surface area contributed by atoms with Crippen LogP contribution in [-0.2, 0) is 12.3 Å². The summed E-state index contributed by atoms with van der Waals surface area (Å²) in [6.07, 6.45) is 1.12. The first kappa shape index (κ1) is 12.2. The van der Waals surface area contributed by atoms with Gasteiger partial charge >= 0.3 is 0 Å². The fourth-order valence-corrected chi connectivity index (χ4v) is 2.00. The molecule has 1 aromatic carbocycles. The summed E-state index contributed by atoms with van der Waals surface area (Å²) in [5.41, 5.74) is 4.41. The van der Waals surface area contributed by atoms with Gasteiger partial charge in [0.15, 0.2) is 0 Å². The Bertz CT molecular complexity index is 471. The lowest BCUT2D eigenvalue weighted by molar-refractivity contribution is 0.647. The number of H-pyrrole nitrogens is 1. The zero-order chi connectivity index (χ0) is 12.3. The largest absolute Gasteiger partial charge is 0.281 e. The Morgan fingerprint density at radius 1 is 1.24 bits per heavy atom. The van der Waals surface area contributed by atoms with Crippen molar-refractivity contribution in [1.29, 1.82) is 0 Å². The number of nitrogens with one attached hydrogen (secondary N) is 1. The molecule has 0 aliphatic carbocycles. The first-order valence-electron chi connectivity index (χ1n) is 5.88. The van der Waals surface area contributed by atoms with Crippen LogP contribution in [-0.4, -0.2) is 10.2 Å². The van der Waals surface area contributed by atoms with E-state index >= 15 is 0 Å². The van der Waals surface area contributed by atoms with Gasteiger partial charge in [0.2, 0.25) is 0 Å². The molecule has 1 N–H and O–H groups in total. The molecule has 2 rings (SSSR count). The van der Waals surface area contributed by atoms with Crippen molar-refractivity contribution in [1.82, 2.24) is 10.2 Å². The number of aromatic nitrogens is 2. The van der Waals surface area contributed by atoms with Gasteiger partial charge < -0.3 is 0 Å². The highest BCUT2D eigenvalue weighted by Crippen LogP contribution is 2.20. The van der Waals surface area contributed by atoms with Crippen molar-refractivity contribution in [3.63, 3.8) is 0 Å². The highest BCUT2D eigenvalue weighted by Gasteiger charge is 2.04. The lowest BCUT2D eigenvalue weighted by Gasteiger charge is -2.05. The van der Waals surface area contributed by atoms with Crippen LogP contribution >= 0.6 is 11.6 Å². The lowest BCUT2D eigenvalue weighted by atomic mass is 10.0. The molecule has 0 amide bonds. The Balaban J connectivity index is 2.17. The van der Waals surface area contributed by atoms with Crippen LogP contribution in [0.15, 0.2) is 30.3 Å². The highest BCUT2D eigenvalue weighted by atomic mass is 35.5. The van der Waals surface area contributed by atoms with Gasteiger partial charge in [0.05, 0.1) is 17.3 Å². The molecule has 0 aliphatic heterocycles. The topological polar surface area (TPSA) is 28.7 Å². The molecule has 3 heteroatoms. The van der Waals surface area contributed by atoms with Crippen molar-refractivity contribution in [3.05, 3.63) is 41.6 Å². The summed E-state index contributed by atoms with van der Waals surface area (Å²) in [5.74, 6) is 1.16. The molecule has 90 valence electrons. The van der Waals surface area contributed by atoms with Crippen molar-refractivity contribution in [2.24, 2.45) is 5.92 Å². The van der Waals surface area contributed by atoms with Crippen molar-refractivity contribution in [2.45, 2.75) is 26.1 Å². The maximum Gasteiger partial charge on any atom is 0.0923 e. The van der Waals surface area contributed by atoms with Gasteiger partial charge in [0, 0.05) is 5.56 Å². The van der Waals surface area contributed by atoms with Gasteiger partial charge in [0.25, 0.3) is 0 Å². The first-order valence-corrected chi connectivity index (χ1v) is 6.42. The highest BCUT2D eigenvalue weighted by molar-refractivity contribution is 6.16. The molecule has 0 atom stereocenters. The average Bonchev–Trinajstić information content (AvgIpc) is 2.78. The fourth-order valence-electron chi connectivity index (χ4n) is 1.86. The van der Waals surface area contributed by atoms with Crippen LogP contribution in [0.4, 0.5) is 0 Å². The molecule has 1 aromatic heterocycles. The number of hydrogen-bond acceptors (Lipinski definition) is 1. The van der Waals surface area contributed by atoms with E-state index < -0.39 is 0 Å². The Labute approximate surface area is 107 Å². The summed E-state index contributed by atoms with van der Waals surface area (Å²) >= 11 is 5.74. The van der Waals surface area contributed by atoms with Gasteiger partial charge in [-0.3, -0.25) is 5.10 Å². The van der Waals surface area contributed by atoms with Gasteiger partial charge in [-0.05, 0) is 24.0 Å². The Morgan fingerprint density at radius 3 is 2.47 bits per heavy atom. The molecule has 0 bridgehead atoms. The van der Waals surface area contributed by atoms with Gasteiger partial charge in [-0.1, -0.05) is 38.1 Å². The third kappa shape index (κ3) is 3.10. The average molecular weight is 249 g/mol. The second-order valence-corrected chi connectivity index (χ2v) is 4.97. The van der Waals surface area contributed by atoms with Crippen LogP contribution in [0.3, 0.4) is 0 Å². The summed E-state index contributed by atoms with van der Waals surface area (Å²) < 4.78 is 0. The number of rotatable bonds is 4. The molecule has 0 aliphatic rings. The zero-order valence-corrected chi connectivity index (χ0v) is 11.0. The van der Waals surface area contributed by atoms with Crippen LogP contribution in [0, 0.1) is 5.92 Å². The van der Waals surface area contributed by atoms with Crippen molar-refractivity contribution in [2.75, 3.05) is 0 Å². The molecular formula is C14H17ClN2. The molecule has 17 heavy (non-hydrogen) atoms. The molecule has 0 radical (unpaired) electrons. The molecule has 0 saturated carbocycles. The van der Waals surface area contributed by atoms with E-state index in [9.17, 15) is 0 Å². The van der Waals surface area contributed by atoms with Crippen LogP contribution in [0.5, 0.6) is 0 Å². The van der Waals surface area contributed by atoms with Crippen molar-refractivity contribution < 1.29 is 0 Å². The summed E-state index contributed by atoms with van der Waals surface area (Å²) in [5, 5.41) is 7.16. The molecule has 0 spiro atoms. The van der Waals surface area contributed by atoms with E-state index in [1.54, 1.807) is 0 Å². The third-order valence-corrected chi connectivity index (χ3v) is 2.96. The first-order chi connectivity index (χ1) is 8.19. The molecular weight excluding hydrogens is 232 g/mol. The lowest BCUT2D eigenvalue weighted by Crippen LogP contribution is -1.93. The molecule has 1 heterocycles. The number of aromatic amines is 1. The second kappa shape index (κ2) is 5.37. The van der Waals surface area contributed by atoms with Crippen LogP contribution in [0.25, 0.3) is 11.3 Å². The summed E-state index contributed by atoms with van der Waals surface area (Å²) in [6.45, 7) is 4.46. The third-order valence-electron chi connectivity index (χ3n) is 2.67. The van der Waals surface area contributed by atoms with E-state index in [-0.39, 0.29) is 0 Å². The standard InChI is InChI=1S/C14H17ClN2/c1-10(2)7-11-3-5-12(6-4-11)14-8-13(9-15)16-17-14/h3-6,8,10H,7,9H2,1-2H3,(H,16,17). The minimum atomic E-state index is 0.471. The van der Waals surface area contributed by atoms with E-state index in [2.05, 4.69) is 48.3 Å². The van der Waals surface area contributed by atoms with E-state index in [1.165, 1.54) is 5.56 Å². The number of halogens is 1. The number of benzene rings is 1. The van der Waals surface area contributed by atoms with Crippen LogP contribution in [0.2, 0.25) is 0 Å². The number of alkyl halides is 1. The smallest absolute Gasteiger partial charge is 0.0923 e. The van der Waals surface area contributed by atoms with Crippen LogP contribution in [0.1, 0.15) is 25.1 Å². The summed E-state index contributed by atoms with van der Waals surface area (Å²) in [4.78, 5) is 0. The number of nitrogens with zero attached hydrogens (tertiary/aromatic N) is 1. The maximum absolute atomic E-state index is 5.74. The van der Waals surface area contributed by atoms with Crippen molar-refractivity contribution in [3.8, 4) is 11.3 Å². The molecule has 0 saturated heterocycles.